The van der Waals surface area contributed by atoms with Crippen molar-refractivity contribution in [3.8, 4) is 11.1 Å². The van der Waals surface area contributed by atoms with Crippen LogP contribution in [0.3, 0.4) is 0 Å². The van der Waals surface area contributed by atoms with Gasteiger partial charge in [-0.15, -0.1) is 0 Å². The number of hydrogen-bond donors (Lipinski definition) is 1. The largest absolute Gasteiger partial charge is 0.481 e. The fourth-order valence-corrected chi connectivity index (χ4v) is 5.69. The molecule has 0 radical (unpaired) electrons. The Morgan fingerprint density at radius 1 is 0.925 bits per heavy atom. The number of carboxylic acids is 1. The molecule has 3 atom stereocenters. The van der Waals surface area contributed by atoms with Gasteiger partial charge in [-0.1, -0.05) is 59.8 Å². The van der Waals surface area contributed by atoms with Gasteiger partial charge in [0.2, 0.25) is 0 Å². The molecule has 1 heterocycles. The Bertz CT molecular complexity index is 1320. The van der Waals surface area contributed by atoms with Gasteiger partial charge in [0.05, 0.1) is 17.0 Å². The van der Waals surface area contributed by atoms with Gasteiger partial charge in [0.1, 0.15) is 0 Å². The molecule has 0 bridgehead atoms. The fraction of sp³-hybridized carbons (Fsp3) is 0.367. The molecule has 1 aliphatic heterocycles. The van der Waals surface area contributed by atoms with Crippen LogP contribution in [0.25, 0.3) is 11.1 Å². The number of carbonyl (C=O) groups is 1. The zero-order chi connectivity index (χ0) is 29.2. The summed E-state index contributed by atoms with van der Waals surface area (Å²) < 4.78 is 78.6. The van der Waals surface area contributed by atoms with Crippen LogP contribution < -0.4 is 4.90 Å². The van der Waals surface area contributed by atoms with Crippen LogP contribution in [-0.2, 0) is 17.1 Å². The first-order chi connectivity index (χ1) is 18.7. The van der Waals surface area contributed by atoms with Crippen molar-refractivity contribution in [1.29, 1.82) is 0 Å². The van der Waals surface area contributed by atoms with Gasteiger partial charge in [0, 0.05) is 28.6 Å². The van der Waals surface area contributed by atoms with Crippen LogP contribution in [0.2, 0.25) is 0 Å². The molecule has 0 aromatic heterocycles. The van der Waals surface area contributed by atoms with Crippen molar-refractivity contribution in [2.75, 3.05) is 18.0 Å². The van der Waals surface area contributed by atoms with Gasteiger partial charge in [-0.05, 0) is 77.9 Å². The lowest BCUT2D eigenvalue weighted by Crippen LogP contribution is -2.34. The molecule has 214 valence electrons. The Balaban J connectivity index is 1.71. The Hall–Kier alpha value is -2.76. The second kappa shape index (κ2) is 12.0. The summed E-state index contributed by atoms with van der Waals surface area (Å²) in [6, 6.07) is 15.3. The molecule has 1 N–H and O–H groups in total. The summed E-state index contributed by atoms with van der Waals surface area (Å²) in [7, 11) is 0. The first-order valence-electron chi connectivity index (χ1n) is 12.8. The van der Waals surface area contributed by atoms with Gasteiger partial charge >= 0.3 is 18.3 Å². The van der Waals surface area contributed by atoms with E-state index in [4.69, 9.17) is 0 Å². The van der Waals surface area contributed by atoms with Gasteiger partial charge in [0.15, 0.2) is 0 Å². The molecule has 3 nitrogen and oxygen atoms in total. The van der Waals surface area contributed by atoms with Crippen LogP contribution in [0.5, 0.6) is 0 Å². The molecule has 3 aromatic carbocycles. The van der Waals surface area contributed by atoms with E-state index in [0.717, 1.165) is 42.7 Å². The maximum atomic E-state index is 13.1. The Labute approximate surface area is 242 Å². The first-order valence-corrected chi connectivity index (χ1v) is 14.1. The molecule has 1 aliphatic rings. The Kier molecular flexibility index (Phi) is 9.06. The molecule has 0 aliphatic carbocycles. The summed E-state index contributed by atoms with van der Waals surface area (Å²) in [6.07, 6.45) is -6.95. The third-order valence-electron chi connectivity index (χ3n) is 7.24. The van der Waals surface area contributed by atoms with E-state index in [1.165, 1.54) is 24.3 Å². The van der Waals surface area contributed by atoms with E-state index >= 15 is 0 Å². The zero-order valence-electron chi connectivity index (χ0n) is 21.6. The third kappa shape index (κ3) is 7.30. The van der Waals surface area contributed by atoms with Crippen LogP contribution in [-0.4, -0.2) is 28.1 Å². The molecular weight excluding hydrogens is 647 g/mol. The lowest BCUT2D eigenvalue weighted by atomic mass is 9.84. The number of halogens is 7. The molecule has 0 spiro atoms. The van der Waals surface area contributed by atoms with Gasteiger partial charge in [-0.3, -0.25) is 4.79 Å². The number of aliphatic carboxylic acids is 1. The average molecular weight is 675 g/mol. The Morgan fingerprint density at radius 3 is 2.02 bits per heavy atom. The van der Waals surface area contributed by atoms with Crippen molar-refractivity contribution in [3.05, 3.63) is 89.0 Å². The molecule has 0 amide bonds. The summed E-state index contributed by atoms with van der Waals surface area (Å²) in [5, 5.41) is 10.0. The minimum Gasteiger partial charge on any atom is -0.481 e. The summed E-state index contributed by atoms with van der Waals surface area (Å²) in [4.78, 5) is 14.3. The first kappa shape index (κ1) is 30.2. The van der Waals surface area contributed by atoms with Crippen LogP contribution in [0.15, 0.2) is 66.7 Å². The van der Waals surface area contributed by atoms with Crippen molar-refractivity contribution >= 4 is 34.2 Å². The Morgan fingerprint density at radius 2 is 1.50 bits per heavy atom. The quantitative estimate of drug-likeness (QED) is 0.154. The van der Waals surface area contributed by atoms with E-state index in [1.54, 1.807) is 6.07 Å². The van der Waals surface area contributed by atoms with Crippen molar-refractivity contribution in [1.82, 2.24) is 0 Å². The average Bonchev–Trinajstić information content (AvgIpc) is 2.90. The number of hydrogen-bond acceptors (Lipinski definition) is 2. The molecule has 0 saturated carbocycles. The summed E-state index contributed by atoms with van der Waals surface area (Å²) in [5.41, 5.74) is 1.78. The van der Waals surface area contributed by atoms with Crippen LogP contribution in [0, 0.1) is 0 Å². The van der Waals surface area contributed by atoms with E-state index in [2.05, 4.69) is 22.6 Å². The highest BCUT2D eigenvalue weighted by atomic mass is 127. The molecular formula is C30H28F6INO2. The van der Waals surface area contributed by atoms with Gasteiger partial charge in [-0.25, -0.2) is 0 Å². The summed E-state index contributed by atoms with van der Waals surface area (Å²) in [5.74, 6) is -1.82. The molecule has 4 rings (SSSR count). The molecule has 40 heavy (non-hydrogen) atoms. The fourth-order valence-electron chi connectivity index (χ4n) is 5.18. The lowest BCUT2D eigenvalue weighted by molar-refractivity contribution is -0.139. The molecule has 1 fully saturated rings. The van der Waals surface area contributed by atoms with Crippen molar-refractivity contribution < 1.29 is 36.2 Å². The second-order valence-corrected chi connectivity index (χ2v) is 12.3. The number of anilines is 1. The highest BCUT2D eigenvalue weighted by molar-refractivity contribution is 14.1. The lowest BCUT2D eigenvalue weighted by Gasteiger charge is -2.35. The second-order valence-electron chi connectivity index (χ2n) is 10.2. The van der Waals surface area contributed by atoms with Crippen LogP contribution >= 0.6 is 22.6 Å². The zero-order valence-corrected chi connectivity index (χ0v) is 23.7. The molecule has 3 unspecified atom stereocenters. The predicted octanol–water partition coefficient (Wildman–Crippen LogP) is 9.16. The minimum atomic E-state index is -4.47. The molecule has 10 heteroatoms. The van der Waals surface area contributed by atoms with Crippen molar-refractivity contribution in [3.63, 3.8) is 0 Å². The summed E-state index contributed by atoms with van der Waals surface area (Å²) in [6.45, 7) is 3.10. The highest BCUT2D eigenvalue weighted by Crippen LogP contribution is 2.38. The smallest absolute Gasteiger partial charge is 0.416 e. The maximum absolute atomic E-state index is 13.1. The SMILES string of the molecule is CC(I)CC(C(=O)O)c1cc(-c2ccc(C(F)(F)F)cc2)cc(C2CCCN(c3ccc(C(F)(F)F)cc3)C2)c1. The number of piperidine rings is 1. The number of carboxylic acid groups (broad SMARTS) is 1. The normalized spacial score (nSPS) is 17.9. The molecule has 3 aromatic rings. The number of alkyl halides is 7. The van der Waals surface area contributed by atoms with E-state index in [1.807, 2.05) is 24.0 Å². The van der Waals surface area contributed by atoms with E-state index in [9.17, 15) is 36.2 Å². The van der Waals surface area contributed by atoms with E-state index in [0.29, 0.717) is 41.9 Å². The van der Waals surface area contributed by atoms with E-state index in [-0.39, 0.29) is 9.84 Å². The van der Waals surface area contributed by atoms with Gasteiger partial charge < -0.3 is 10.0 Å². The predicted molar refractivity (Wildman–Crippen MR) is 151 cm³/mol. The van der Waals surface area contributed by atoms with Crippen LogP contribution in [0.4, 0.5) is 32.0 Å². The van der Waals surface area contributed by atoms with Gasteiger partial charge in [-0.2, -0.15) is 26.3 Å². The summed E-state index contributed by atoms with van der Waals surface area (Å²) >= 11 is 2.17. The monoisotopic (exact) mass is 675 g/mol. The van der Waals surface area contributed by atoms with E-state index < -0.39 is 35.4 Å². The standard InChI is InChI=1S/C30H28F6INO2/c1-18(37)13-27(28(39)40)23-15-21(19-4-6-24(7-5-19)29(31,32)33)14-22(16-23)20-3-2-12-38(17-20)26-10-8-25(9-11-26)30(34,35)36/h4-11,14-16,18,20,27H,2-3,12-13,17H2,1H3,(H,39,40). The van der Waals surface area contributed by atoms with Crippen molar-refractivity contribution in [2.45, 2.75) is 54.3 Å². The topological polar surface area (TPSA) is 40.5 Å². The van der Waals surface area contributed by atoms with Crippen LogP contribution in [0.1, 0.15) is 60.3 Å². The minimum absolute atomic E-state index is 0.0457. The number of nitrogens with zero attached hydrogens (tertiary/aromatic N) is 1. The highest BCUT2D eigenvalue weighted by Gasteiger charge is 2.32. The third-order valence-corrected chi connectivity index (χ3v) is 7.75. The maximum Gasteiger partial charge on any atom is 0.416 e. The number of rotatable bonds is 7. The van der Waals surface area contributed by atoms with Crippen molar-refractivity contribution in [2.24, 2.45) is 0 Å². The van der Waals surface area contributed by atoms with Gasteiger partial charge in [0.25, 0.3) is 0 Å². The molecule has 1 saturated heterocycles. The number of benzene rings is 3.